The molecule has 0 aliphatic heterocycles. The number of anilines is 1. The lowest BCUT2D eigenvalue weighted by Crippen LogP contribution is -2.30. The summed E-state index contributed by atoms with van der Waals surface area (Å²) in [6, 6.07) is 5.82. The van der Waals surface area contributed by atoms with Crippen molar-refractivity contribution in [2.75, 3.05) is 18.0 Å². The highest BCUT2D eigenvalue weighted by Gasteiger charge is 2.30. The molecule has 1 aromatic carbocycles. The van der Waals surface area contributed by atoms with Gasteiger partial charge in [-0.05, 0) is 49.7 Å². The summed E-state index contributed by atoms with van der Waals surface area (Å²) in [4.78, 5) is 2.40. The fourth-order valence-corrected chi connectivity index (χ4v) is 2.81. The third kappa shape index (κ3) is 3.03. The Kier molecular flexibility index (Phi) is 3.40. The van der Waals surface area contributed by atoms with Gasteiger partial charge in [-0.15, -0.1) is 0 Å². The maximum Gasteiger partial charge on any atom is 0.126 e. The molecule has 3 rings (SSSR count). The molecule has 3 N–H and O–H groups in total. The van der Waals surface area contributed by atoms with Gasteiger partial charge in [0, 0.05) is 18.8 Å². The third-order valence-corrected chi connectivity index (χ3v) is 4.27. The van der Waals surface area contributed by atoms with Gasteiger partial charge in [0.05, 0.1) is 10.6 Å². The van der Waals surface area contributed by atoms with E-state index in [9.17, 15) is 0 Å². The van der Waals surface area contributed by atoms with Gasteiger partial charge in [-0.2, -0.15) is 0 Å². The topological polar surface area (TPSA) is 53.1 Å². The minimum absolute atomic E-state index is 0.0668. The minimum Gasteiger partial charge on any atom is -0.384 e. The van der Waals surface area contributed by atoms with Gasteiger partial charge in [-0.1, -0.05) is 17.7 Å². The monoisotopic (exact) mass is 277 g/mol. The van der Waals surface area contributed by atoms with E-state index in [0.29, 0.717) is 10.6 Å². The molecule has 2 saturated carbocycles. The lowest BCUT2D eigenvalue weighted by Gasteiger charge is -2.27. The van der Waals surface area contributed by atoms with E-state index < -0.39 is 0 Å². The quantitative estimate of drug-likeness (QED) is 0.619. The lowest BCUT2D eigenvalue weighted by molar-refractivity contribution is 0.679. The second-order valence-electron chi connectivity index (χ2n) is 5.84. The van der Waals surface area contributed by atoms with Crippen molar-refractivity contribution in [2.45, 2.75) is 25.7 Å². The van der Waals surface area contributed by atoms with Crippen LogP contribution < -0.4 is 10.6 Å². The predicted octanol–water partition coefficient (Wildman–Crippen LogP) is 3.25. The van der Waals surface area contributed by atoms with Gasteiger partial charge >= 0.3 is 0 Å². The number of nitrogens with two attached hydrogens (primary N) is 1. The number of amidine groups is 1. The Labute approximate surface area is 119 Å². The largest absolute Gasteiger partial charge is 0.384 e. The van der Waals surface area contributed by atoms with Crippen molar-refractivity contribution in [3.8, 4) is 0 Å². The smallest absolute Gasteiger partial charge is 0.126 e. The summed E-state index contributed by atoms with van der Waals surface area (Å²) < 4.78 is 0. The fraction of sp³-hybridized carbons (Fsp3) is 0.533. The average Bonchev–Trinajstić information content (AvgIpc) is 3.22. The Morgan fingerprint density at radius 3 is 2.26 bits per heavy atom. The summed E-state index contributed by atoms with van der Waals surface area (Å²) in [6.45, 7) is 2.16. The fourth-order valence-electron chi connectivity index (χ4n) is 2.54. The zero-order valence-electron chi connectivity index (χ0n) is 11.0. The van der Waals surface area contributed by atoms with Crippen LogP contribution >= 0.6 is 11.6 Å². The number of halogens is 1. The number of nitrogens with one attached hydrogen (secondary N) is 1. The Hall–Kier alpha value is -1.22. The molecular formula is C15H20ClN3. The van der Waals surface area contributed by atoms with Crippen LogP contribution in [0.3, 0.4) is 0 Å². The third-order valence-electron chi connectivity index (χ3n) is 3.95. The van der Waals surface area contributed by atoms with E-state index >= 15 is 0 Å². The van der Waals surface area contributed by atoms with Crippen molar-refractivity contribution >= 4 is 23.1 Å². The SMILES string of the molecule is N=C(N)c1c(Cl)cccc1N(CC1CC1)CC1CC1. The van der Waals surface area contributed by atoms with E-state index in [2.05, 4.69) is 4.90 Å². The van der Waals surface area contributed by atoms with Crippen LogP contribution in [0.5, 0.6) is 0 Å². The van der Waals surface area contributed by atoms with Crippen LogP contribution in [0.2, 0.25) is 5.02 Å². The molecule has 0 bridgehead atoms. The highest BCUT2D eigenvalue weighted by molar-refractivity contribution is 6.34. The number of nitrogens with zero attached hydrogens (tertiary/aromatic N) is 1. The molecule has 2 fully saturated rings. The maximum atomic E-state index is 7.77. The van der Waals surface area contributed by atoms with E-state index in [-0.39, 0.29) is 5.84 Å². The Morgan fingerprint density at radius 2 is 1.79 bits per heavy atom. The van der Waals surface area contributed by atoms with Crippen molar-refractivity contribution in [2.24, 2.45) is 17.6 Å². The van der Waals surface area contributed by atoms with Crippen LogP contribution in [0.4, 0.5) is 5.69 Å². The molecule has 2 aliphatic rings. The maximum absolute atomic E-state index is 7.77. The van der Waals surface area contributed by atoms with Gasteiger partial charge in [0.15, 0.2) is 0 Å². The summed E-state index contributed by atoms with van der Waals surface area (Å²) >= 11 is 6.23. The molecule has 0 unspecified atom stereocenters. The van der Waals surface area contributed by atoms with E-state index in [1.165, 1.54) is 25.7 Å². The standard InChI is InChI=1S/C15H20ClN3/c16-12-2-1-3-13(14(12)15(17)18)19(8-10-4-5-10)9-11-6-7-11/h1-3,10-11H,4-9H2,(H3,17,18). The summed E-state index contributed by atoms with van der Waals surface area (Å²) in [5, 5.41) is 8.36. The molecule has 0 spiro atoms. The van der Waals surface area contributed by atoms with Crippen molar-refractivity contribution in [1.82, 2.24) is 0 Å². The molecule has 4 heteroatoms. The van der Waals surface area contributed by atoms with Crippen molar-refractivity contribution in [3.05, 3.63) is 28.8 Å². The number of hydrogen-bond donors (Lipinski definition) is 2. The molecule has 3 nitrogen and oxygen atoms in total. The van der Waals surface area contributed by atoms with Gasteiger partial charge in [0.25, 0.3) is 0 Å². The van der Waals surface area contributed by atoms with Gasteiger partial charge in [-0.25, -0.2) is 0 Å². The molecular weight excluding hydrogens is 258 g/mol. The molecule has 0 aromatic heterocycles. The van der Waals surface area contributed by atoms with Crippen molar-refractivity contribution in [1.29, 1.82) is 5.41 Å². The van der Waals surface area contributed by atoms with Crippen LogP contribution in [0.25, 0.3) is 0 Å². The second-order valence-corrected chi connectivity index (χ2v) is 6.25. The first-order valence-corrected chi connectivity index (χ1v) is 7.41. The number of rotatable bonds is 6. The molecule has 19 heavy (non-hydrogen) atoms. The number of nitrogen functional groups attached to an aromatic ring is 1. The van der Waals surface area contributed by atoms with Crippen LogP contribution in [0, 0.1) is 17.2 Å². The molecule has 0 saturated heterocycles. The molecule has 0 atom stereocenters. The molecule has 102 valence electrons. The first kappa shape index (κ1) is 12.8. The number of hydrogen-bond acceptors (Lipinski definition) is 2. The molecule has 1 aromatic rings. The molecule has 2 aliphatic carbocycles. The van der Waals surface area contributed by atoms with Crippen LogP contribution in [0.1, 0.15) is 31.2 Å². The predicted molar refractivity (Wildman–Crippen MR) is 80.1 cm³/mol. The summed E-state index contributed by atoms with van der Waals surface area (Å²) in [5.41, 5.74) is 7.46. The average molecular weight is 278 g/mol. The Morgan fingerprint density at radius 1 is 1.21 bits per heavy atom. The second kappa shape index (κ2) is 5.04. The van der Waals surface area contributed by atoms with Crippen LogP contribution in [0.15, 0.2) is 18.2 Å². The van der Waals surface area contributed by atoms with Gasteiger partial charge in [0.2, 0.25) is 0 Å². The van der Waals surface area contributed by atoms with E-state index in [1.807, 2.05) is 18.2 Å². The zero-order chi connectivity index (χ0) is 13.4. The highest BCUT2D eigenvalue weighted by atomic mass is 35.5. The normalized spacial score (nSPS) is 18.4. The van der Waals surface area contributed by atoms with Gasteiger partial charge < -0.3 is 10.6 Å². The zero-order valence-corrected chi connectivity index (χ0v) is 11.8. The Balaban J connectivity index is 1.90. The molecule has 0 heterocycles. The van der Waals surface area contributed by atoms with E-state index in [1.54, 1.807) is 0 Å². The van der Waals surface area contributed by atoms with Crippen LogP contribution in [-0.2, 0) is 0 Å². The number of benzene rings is 1. The van der Waals surface area contributed by atoms with Crippen molar-refractivity contribution < 1.29 is 0 Å². The lowest BCUT2D eigenvalue weighted by atomic mass is 10.1. The van der Waals surface area contributed by atoms with E-state index in [4.69, 9.17) is 22.7 Å². The highest BCUT2D eigenvalue weighted by Crippen LogP contribution is 2.37. The minimum atomic E-state index is 0.0668. The summed E-state index contributed by atoms with van der Waals surface area (Å²) in [7, 11) is 0. The molecule has 0 amide bonds. The Bertz CT molecular complexity index is 478. The summed E-state index contributed by atoms with van der Waals surface area (Å²) in [5.74, 6) is 1.70. The van der Waals surface area contributed by atoms with Gasteiger partial charge in [-0.3, -0.25) is 5.41 Å². The van der Waals surface area contributed by atoms with Crippen molar-refractivity contribution in [3.63, 3.8) is 0 Å². The first-order chi connectivity index (χ1) is 9.15. The first-order valence-electron chi connectivity index (χ1n) is 7.03. The van der Waals surface area contributed by atoms with Crippen LogP contribution in [-0.4, -0.2) is 18.9 Å². The summed E-state index contributed by atoms with van der Waals surface area (Å²) in [6.07, 6.45) is 5.32. The van der Waals surface area contributed by atoms with E-state index in [0.717, 1.165) is 30.6 Å². The van der Waals surface area contributed by atoms with Gasteiger partial charge in [0.1, 0.15) is 5.84 Å². The molecule has 0 radical (unpaired) electrons.